The first-order valence-corrected chi connectivity index (χ1v) is 9.51. The van der Waals surface area contributed by atoms with Gasteiger partial charge < -0.3 is 24.4 Å². The van der Waals surface area contributed by atoms with E-state index < -0.39 is 0 Å². The van der Waals surface area contributed by atoms with Gasteiger partial charge in [0.25, 0.3) is 0 Å². The van der Waals surface area contributed by atoms with Gasteiger partial charge in [0.2, 0.25) is 11.8 Å². The number of likely N-dealkylation sites (N-methyl/N-ethyl adjacent to an activating group) is 1. The molecule has 1 fully saturated rings. The number of aliphatic hydroxyl groups is 1. The summed E-state index contributed by atoms with van der Waals surface area (Å²) in [5.41, 5.74) is 0.791. The monoisotopic (exact) mass is 426 g/mol. The molecule has 7 nitrogen and oxygen atoms in total. The lowest BCUT2D eigenvalue weighted by Gasteiger charge is -2.31. The second-order valence-corrected chi connectivity index (χ2v) is 7.48. The summed E-state index contributed by atoms with van der Waals surface area (Å²) in [5, 5.41) is 9.53. The molecule has 2 aliphatic heterocycles. The summed E-state index contributed by atoms with van der Waals surface area (Å²) < 4.78 is 11.9. The summed E-state index contributed by atoms with van der Waals surface area (Å²) in [6, 6.07) is 3.61. The standard InChI is InChI=1S/C18H23BrN2O5/c1-20(11-18(24)21-4-2-13(22)3-5-21)17(23)9-12-8-15-16(10-14(12)19)26-7-6-25-15/h8,10,13,22H,2-7,9,11H2,1H3. The van der Waals surface area contributed by atoms with Crippen LogP contribution in [0.2, 0.25) is 0 Å². The average Bonchev–Trinajstić information content (AvgIpc) is 2.62. The molecule has 1 saturated heterocycles. The SMILES string of the molecule is CN(CC(=O)N1CCC(O)CC1)C(=O)Cc1cc2c(cc1Br)OCCO2. The van der Waals surface area contributed by atoms with E-state index in [2.05, 4.69) is 15.9 Å². The molecule has 1 N–H and O–H groups in total. The van der Waals surface area contributed by atoms with Crippen LogP contribution in [0.25, 0.3) is 0 Å². The van der Waals surface area contributed by atoms with Gasteiger partial charge in [-0.1, -0.05) is 15.9 Å². The summed E-state index contributed by atoms with van der Waals surface area (Å²) in [7, 11) is 1.63. The fraction of sp³-hybridized carbons (Fsp3) is 0.556. The highest BCUT2D eigenvalue weighted by molar-refractivity contribution is 9.10. The maximum atomic E-state index is 12.5. The third-order valence-electron chi connectivity index (χ3n) is 4.67. The number of likely N-dealkylation sites (tertiary alicyclic amines) is 1. The van der Waals surface area contributed by atoms with Crippen molar-refractivity contribution in [1.82, 2.24) is 9.80 Å². The van der Waals surface area contributed by atoms with Gasteiger partial charge in [-0.05, 0) is 30.5 Å². The number of aliphatic hydroxyl groups excluding tert-OH is 1. The Labute approximate surface area is 161 Å². The molecular weight excluding hydrogens is 404 g/mol. The van der Waals surface area contributed by atoms with Crippen molar-refractivity contribution in [2.75, 3.05) is 39.9 Å². The number of carbonyl (C=O) groups is 2. The van der Waals surface area contributed by atoms with Crippen LogP contribution in [0.1, 0.15) is 18.4 Å². The summed E-state index contributed by atoms with van der Waals surface area (Å²) in [4.78, 5) is 28.0. The molecule has 1 aromatic rings. The molecule has 0 atom stereocenters. The van der Waals surface area contributed by atoms with Crippen LogP contribution in [-0.4, -0.2) is 72.7 Å². The predicted molar refractivity (Wildman–Crippen MR) is 98.3 cm³/mol. The van der Waals surface area contributed by atoms with Crippen molar-refractivity contribution in [1.29, 1.82) is 0 Å². The lowest BCUT2D eigenvalue weighted by molar-refractivity contribution is -0.140. The number of piperidine rings is 1. The third kappa shape index (κ3) is 4.48. The molecule has 0 unspecified atom stereocenters. The molecule has 2 amide bonds. The second-order valence-electron chi connectivity index (χ2n) is 6.63. The first-order chi connectivity index (χ1) is 12.4. The highest BCUT2D eigenvalue weighted by Crippen LogP contribution is 2.35. The van der Waals surface area contributed by atoms with Crippen LogP contribution in [0, 0.1) is 0 Å². The third-order valence-corrected chi connectivity index (χ3v) is 5.41. The zero-order chi connectivity index (χ0) is 18.7. The van der Waals surface area contributed by atoms with Crippen LogP contribution in [0.3, 0.4) is 0 Å². The number of amides is 2. The van der Waals surface area contributed by atoms with Gasteiger partial charge >= 0.3 is 0 Å². The normalized spacial score (nSPS) is 17.1. The summed E-state index contributed by atoms with van der Waals surface area (Å²) in [6.45, 7) is 2.11. The highest BCUT2D eigenvalue weighted by atomic mass is 79.9. The van der Waals surface area contributed by atoms with E-state index in [9.17, 15) is 14.7 Å². The van der Waals surface area contributed by atoms with E-state index in [0.717, 1.165) is 10.0 Å². The molecule has 2 heterocycles. The maximum absolute atomic E-state index is 12.5. The molecule has 26 heavy (non-hydrogen) atoms. The molecule has 0 radical (unpaired) electrons. The number of fused-ring (bicyclic) bond motifs is 1. The first-order valence-electron chi connectivity index (χ1n) is 8.72. The molecule has 0 aliphatic carbocycles. The van der Waals surface area contributed by atoms with Gasteiger partial charge in [-0.15, -0.1) is 0 Å². The van der Waals surface area contributed by atoms with Crippen LogP contribution in [0.5, 0.6) is 11.5 Å². The number of benzene rings is 1. The summed E-state index contributed by atoms with van der Waals surface area (Å²) in [6.07, 6.45) is 1.02. The number of rotatable bonds is 4. The molecule has 3 rings (SSSR count). The highest BCUT2D eigenvalue weighted by Gasteiger charge is 2.24. The van der Waals surface area contributed by atoms with E-state index in [0.29, 0.717) is 50.6 Å². The number of carbonyl (C=O) groups excluding carboxylic acids is 2. The van der Waals surface area contributed by atoms with Gasteiger partial charge in [0.15, 0.2) is 11.5 Å². The average molecular weight is 427 g/mol. The van der Waals surface area contributed by atoms with E-state index in [1.807, 2.05) is 0 Å². The molecule has 2 aliphatic rings. The van der Waals surface area contributed by atoms with Crippen molar-refractivity contribution >= 4 is 27.7 Å². The molecule has 0 aromatic heterocycles. The predicted octanol–water partition coefficient (Wildman–Crippen LogP) is 1.20. The van der Waals surface area contributed by atoms with Crippen LogP contribution in [0.15, 0.2) is 16.6 Å². The molecule has 0 bridgehead atoms. The van der Waals surface area contributed by atoms with Gasteiger partial charge in [0.05, 0.1) is 19.1 Å². The van der Waals surface area contributed by atoms with Crippen molar-refractivity contribution < 1.29 is 24.2 Å². The Balaban J connectivity index is 1.58. The van der Waals surface area contributed by atoms with Crippen molar-refractivity contribution in [3.63, 3.8) is 0 Å². The van der Waals surface area contributed by atoms with Gasteiger partial charge in [-0.2, -0.15) is 0 Å². The number of ether oxygens (including phenoxy) is 2. The van der Waals surface area contributed by atoms with Gasteiger partial charge in [-0.25, -0.2) is 0 Å². The number of halogens is 1. The van der Waals surface area contributed by atoms with Gasteiger partial charge in [0.1, 0.15) is 13.2 Å². The largest absolute Gasteiger partial charge is 0.486 e. The van der Waals surface area contributed by atoms with Crippen LogP contribution < -0.4 is 9.47 Å². The number of hydrogen-bond acceptors (Lipinski definition) is 5. The fourth-order valence-electron chi connectivity index (χ4n) is 3.05. The lowest BCUT2D eigenvalue weighted by atomic mass is 10.1. The smallest absolute Gasteiger partial charge is 0.242 e. The van der Waals surface area contributed by atoms with Gasteiger partial charge in [-0.3, -0.25) is 9.59 Å². The Morgan fingerprint density at radius 1 is 1.23 bits per heavy atom. The lowest BCUT2D eigenvalue weighted by Crippen LogP contribution is -2.45. The quantitative estimate of drug-likeness (QED) is 0.782. The van der Waals surface area contributed by atoms with Crippen molar-refractivity contribution in [2.24, 2.45) is 0 Å². The fourth-order valence-corrected chi connectivity index (χ4v) is 3.51. The van der Waals surface area contributed by atoms with E-state index in [1.165, 1.54) is 4.90 Å². The Kier molecular flexibility index (Phi) is 6.03. The maximum Gasteiger partial charge on any atom is 0.242 e. The zero-order valence-electron chi connectivity index (χ0n) is 14.7. The number of hydrogen-bond donors (Lipinski definition) is 1. The Morgan fingerprint density at radius 2 is 1.85 bits per heavy atom. The zero-order valence-corrected chi connectivity index (χ0v) is 16.3. The van der Waals surface area contributed by atoms with Crippen molar-refractivity contribution in [3.8, 4) is 11.5 Å². The topological polar surface area (TPSA) is 79.3 Å². The summed E-state index contributed by atoms with van der Waals surface area (Å²) in [5.74, 6) is 1.06. The molecule has 142 valence electrons. The molecule has 0 saturated carbocycles. The minimum Gasteiger partial charge on any atom is -0.486 e. The second kappa shape index (κ2) is 8.26. The van der Waals surface area contributed by atoms with E-state index >= 15 is 0 Å². The Morgan fingerprint density at radius 3 is 2.50 bits per heavy atom. The van der Waals surface area contributed by atoms with Gasteiger partial charge in [0, 0.05) is 24.6 Å². The van der Waals surface area contributed by atoms with Crippen LogP contribution >= 0.6 is 15.9 Å². The molecular formula is C18H23BrN2O5. The minimum atomic E-state index is -0.328. The summed E-state index contributed by atoms with van der Waals surface area (Å²) >= 11 is 3.47. The minimum absolute atomic E-state index is 0.0388. The van der Waals surface area contributed by atoms with Crippen molar-refractivity contribution in [2.45, 2.75) is 25.4 Å². The molecule has 0 spiro atoms. The number of nitrogens with zero attached hydrogens (tertiary/aromatic N) is 2. The molecule has 8 heteroatoms. The Bertz CT molecular complexity index is 688. The van der Waals surface area contributed by atoms with E-state index in [4.69, 9.17) is 9.47 Å². The molecule has 1 aromatic carbocycles. The Hall–Kier alpha value is -1.80. The van der Waals surface area contributed by atoms with Crippen LogP contribution in [0.4, 0.5) is 0 Å². The van der Waals surface area contributed by atoms with E-state index in [-0.39, 0.29) is 30.9 Å². The van der Waals surface area contributed by atoms with Crippen LogP contribution in [-0.2, 0) is 16.0 Å². The van der Waals surface area contributed by atoms with E-state index in [1.54, 1.807) is 24.1 Å². The van der Waals surface area contributed by atoms with Crippen molar-refractivity contribution in [3.05, 3.63) is 22.2 Å². The first kappa shape index (κ1) is 19.0.